The van der Waals surface area contributed by atoms with E-state index in [0.717, 1.165) is 11.4 Å². The lowest BCUT2D eigenvalue weighted by atomic mass is 10.1. The molecule has 0 aromatic heterocycles. The Morgan fingerprint density at radius 1 is 1.09 bits per heavy atom. The van der Waals surface area contributed by atoms with Crippen molar-refractivity contribution in [2.24, 2.45) is 4.99 Å². The minimum absolute atomic E-state index is 0.164. The van der Waals surface area contributed by atoms with Gasteiger partial charge in [0.25, 0.3) is 5.91 Å². The zero-order valence-electron chi connectivity index (χ0n) is 17.9. The van der Waals surface area contributed by atoms with E-state index >= 15 is 0 Å². The Hall–Kier alpha value is -3.48. The number of benzene rings is 3. The molecule has 166 valence electrons. The molecule has 0 unspecified atom stereocenters. The molecular weight excluding hydrogens is 456 g/mol. The Morgan fingerprint density at radius 3 is 2.45 bits per heavy atom. The molecule has 3 aromatic carbocycles. The third kappa shape index (κ3) is 5.13. The van der Waals surface area contributed by atoms with Crippen LogP contribution >= 0.6 is 23.4 Å². The van der Waals surface area contributed by atoms with Crippen molar-refractivity contribution in [2.45, 2.75) is 0 Å². The molecule has 4 rings (SSSR count). The second kappa shape index (κ2) is 10.4. The van der Waals surface area contributed by atoms with Crippen LogP contribution in [-0.2, 0) is 4.79 Å². The van der Waals surface area contributed by atoms with Gasteiger partial charge < -0.3 is 9.47 Å². The highest BCUT2D eigenvalue weighted by molar-refractivity contribution is 8.19. The molecule has 0 spiro atoms. The van der Waals surface area contributed by atoms with Gasteiger partial charge in [-0.15, -0.1) is 0 Å². The van der Waals surface area contributed by atoms with E-state index in [0.29, 0.717) is 38.8 Å². The van der Waals surface area contributed by atoms with E-state index in [4.69, 9.17) is 26.1 Å². The summed E-state index contributed by atoms with van der Waals surface area (Å²) in [7, 11) is 1.54. The molecule has 7 heteroatoms. The van der Waals surface area contributed by atoms with Gasteiger partial charge in [0.15, 0.2) is 16.7 Å². The molecule has 1 heterocycles. The topological polar surface area (TPSA) is 51.1 Å². The van der Waals surface area contributed by atoms with Gasteiger partial charge in [0, 0.05) is 0 Å². The lowest BCUT2D eigenvalue weighted by Gasteiger charge is -2.15. The second-order valence-electron chi connectivity index (χ2n) is 6.95. The van der Waals surface area contributed by atoms with E-state index in [2.05, 4.69) is 6.58 Å². The van der Waals surface area contributed by atoms with E-state index in [1.54, 1.807) is 36.3 Å². The number of aliphatic imine (C=N–C) groups is 1. The van der Waals surface area contributed by atoms with E-state index in [1.807, 2.05) is 60.7 Å². The van der Waals surface area contributed by atoms with Gasteiger partial charge >= 0.3 is 0 Å². The summed E-state index contributed by atoms with van der Waals surface area (Å²) in [5, 5.41) is 0.962. The van der Waals surface area contributed by atoms with Crippen molar-refractivity contribution in [3.63, 3.8) is 0 Å². The van der Waals surface area contributed by atoms with Crippen LogP contribution in [0.3, 0.4) is 0 Å². The maximum absolute atomic E-state index is 13.4. The number of para-hydroxylation sites is 2. The number of thioether (sulfide) groups is 1. The number of nitrogens with zero attached hydrogens (tertiary/aromatic N) is 2. The summed E-state index contributed by atoms with van der Waals surface area (Å²) in [6, 6.07) is 22.5. The van der Waals surface area contributed by atoms with Gasteiger partial charge in [-0.2, -0.15) is 0 Å². The van der Waals surface area contributed by atoms with Crippen LogP contribution in [0.25, 0.3) is 6.08 Å². The Bertz CT molecular complexity index is 1230. The Kier molecular flexibility index (Phi) is 7.17. The number of hydrogen-bond donors (Lipinski definition) is 0. The molecule has 0 aliphatic carbocycles. The van der Waals surface area contributed by atoms with Gasteiger partial charge in [-0.25, -0.2) is 4.99 Å². The molecule has 1 amide bonds. The van der Waals surface area contributed by atoms with Gasteiger partial charge in [-0.3, -0.25) is 9.69 Å². The van der Waals surface area contributed by atoms with Crippen LogP contribution in [-0.4, -0.2) is 24.8 Å². The number of amides is 1. The average molecular weight is 477 g/mol. The molecule has 0 atom stereocenters. The predicted octanol–water partition coefficient (Wildman–Crippen LogP) is 6.72. The molecule has 1 aliphatic heterocycles. The van der Waals surface area contributed by atoms with Crippen molar-refractivity contribution in [1.82, 2.24) is 0 Å². The minimum Gasteiger partial charge on any atom is -0.493 e. The third-order valence-corrected chi connectivity index (χ3v) is 5.95. The van der Waals surface area contributed by atoms with Crippen LogP contribution in [0, 0.1) is 0 Å². The zero-order valence-corrected chi connectivity index (χ0v) is 19.5. The lowest BCUT2D eigenvalue weighted by Crippen LogP contribution is -2.28. The number of rotatable bonds is 7. The summed E-state index contributed by atoms with van der Waals surface area (Å²) < 4.78 is 11.1. The third-order valence-electron chi connectivity index (χ3n) is 4.70. The highest BCUT2D eigenvalue weighted by Crippen LogP contribution is 2.40. The van der Waals surface area contributed by atoms with E-state index in [9.17, 15) is 4.79 Å². The molecule has 0 N–H and O–H groups in total. The van der Waals surface area contributed by atoms with Crippen LogP contribution < -0.4 is 14.4 Å². The maximum Gasteiger partial charge on any atom is 0.271 e. The maximum atomic E-state index is 13.4. The quantitative estimate of drug-likeness (QED) is 0.280. The highest BCUT2D eigenvalue weighted by atomic mass is 35.5. The fourth-order valence-corrected chi connectivity index (χ4v) is 4.50. The summed E-state index contributed by atoms with van der Waals surface area (Å²) in [5.74, 6) is 0.747. The normalized spacial score (nSPS) is 15.8. The van der Waals surface area contributed by atoms with E-state index in [-0.39, 0.29) is 5.91 Å². The summed E-state index contributed by atoms with van der Waals surface area (Å²) in [4.78, 5) is 20.3. The number of methoxy groups -OCH3 is 1. The van der Waals surface area contributed by atoms with Crippen LogP contribution in [0.1, 0.15) is 5.56 Å². The Balaban J connectivity index is 1.74. The van der Waals surface area contributed by atoms with Crippen molar-refractivity contribution in [3.8, 4) is 11.5 Å². The lowest BCUT2D eigenvalue weighted by molar-refractivity contribution is -0.113. The van der Waals surface area contributed by atoms with Gasteiger partial charge in [0.1, 0.15) is 6.61 Å². The minimum atomic E-state index is -0.164. The largest absolute Gasteiger partial charge is 0.493 e. The van der Waals surface area contributed by atoms with Crippen LogP contribution in [0.2, 0.25) is 5.02 Å². The van der Waals surface area contributed by atoms with Crippen molar-refractivity contribution in [3.05, 3.63) is 101 Å². The number of halogens is 1. The predicted molar refractivity (Wildman–Crippen MR) is 137 cm³/mol. The fourth-order valence-electron chi connectivity index (χ4n) is 3.22. The Morgan fingerprint density at radius 2 is 1.79 bits per heavy atom. The molecule has 1 saturated heterocycles. The number of hydrogen-bond acceptors (Lipinski definition) is 5. The number of carbonyl (C=O) groups is 1. The molecular formula is C26H21ClN2O3S. The Labute approximate surface area is 202 Å². The van der Waals surface area contributed by atoms with Gasteiger partial charge in [0.05, 0.1) is 28.4 Å². The zero-order chi connectivity index (χ0) is 23.2. The first-order valence-electron chi connectivity index (χ1n) is 10.1. The summed E-state index contributed by atoms with van der Waals surface area (Å²) >= 11 is 7.74. The number of amidine groups is 1. The van der Waals surface area contributed by atoms with Crippen LogP contribution in [0.15, 0.2) is 95.3 Å². The van der Waals surface area contributed by atoms with Crippen molar-refractivity contribution >= 4 is 51.9 Å². The van der Waals surface area contributed by atoms with Gasteiger partial charge in [0.2, 0.25) is 0 Å². The van der Waals surface area contributed by atoms with E-state index in [1.165, 1.54) is 11.8 Å². The number of carbonyl (C=O) groups excluding carboxylic acids is 1. The highest BCUT2D eigenvalue weighted by Gasteiger charge is 2.34. The van der Waals surface area contributed by atoms with Crippen molar-refractivity contribution < 1.29 is 14.3 Å². The molecule has 3 aromatic rings. The molecule has 0 saturated carbocycles. The summed E-state index contributed by atoms with van der Waals surface area (Å²) in [6.07, 6.45) is 3.41. The molecule has 33 heavy (non-hydrogen) atoms. The number of anilines is 1. The van der Waals surface area contributed by atoms with Gasteiger partial charge in [-0.05, 0) is 59.8 Å². The molecule has 1 fully saturated rings. The van der Waals surface area contributed by atoms with Crippen LogP contribution in [0.4, 0.5) is 11.4 Å². The summed E-state index contributed by atoms with van der Waals surface area (Å²) in [5.41, 5.74) is 2.23. The van der Waals surface area contributed by atoms with E-state index < -0.39 is 0 Å². The first kappa shape index (κ1) is 22.7. The standard InChI is InChI=1S/C26H21ClN2O3S/c1-3-14-32-24-21(27)15-18(16-22(24)31-2)17-23-25(30)29(20-12-8-5-9-13-20)26(33-23)28-19-10-6-4-7-11-19/h3-13,15-17H,1,14H2,2H3/b23-17+,28-26?. The molecule has 1 aliphatic rings. The van der Waals surface area contributed by atoms with Crippen molar-refractivity contribution in [2.75, 3.05) is 18.6 Å². The first-order chi connectivity index (χ1) is 16.1. The monoisotopic (exact) mass is 476 g/mol. The smallest absolute Gasteiger partial charge is 0.271 e. The van der Waals surface area contributed by atoms with Crippen LogP contribution in [0.5, 0.6) is 11.5 Å². The van der Waals surface area contributed by atoms with Crippen molar-refractivity contribution in [1.29, 1.82) is 0 Å². The molecule has 5 nitrogen and oxygen atoms in total. The SMILES string of the molecule is C=CCOc1c(Cl)cc(/C=C2/SC(=Nc3ccccc3)N(c3ccccc3)C2=O)cc1OC. The average Bonchev–Trinajstić information content (AvgIpc) is 3.13. The molecule has 0 radical (unpaired) electrons. The van der Waals surface area contributed by atoms with Gasteiger partial charge in [-0.1, -0.05) is 60.7 Å². The number of ether oxygens (including phenoxy) is 2. The molecule has 0 bridgehead atoms. The summed E-state index contributed by atoms with van der Waals surface area (Å²) in [6.45, 7) is 3.95. The first-order valence-corrected chi connectivity index (χ1v) is 11.3. The fraction of sp³-hybridized carbons (Fsp3) is 0.0769. The second-order valence-corrected chi connectivity index (χ2v) is 8.37.